The third-order valence-electron chi connectivity index (χ3n) is 2.94. The number of amides is 2. The normalized spacial score (nSPS) is 10.3. The Morgan fingerprint density at radius 2 is 1.96 bits per heavy atom. The number of benzene rings is 1. The molecule has 116 valence electrons. The van der Waals surface area contributed by atoms with E-state index in [0.29, 0.717) is 16.4 Å². The summed E-state index contributed by atoms with van der Waals surface area (Å²) in [5, 5.41) is 9.88. The van der Waals surface area contributed by atoms with Gasteiger partial charge in [-0.05, 0) is 29.6 Å². The van der Waals surface area contributed by atoms with Gasteiger partial charge in [-0.25, -0.2) is 4.98 Å². The number of carbonyl (C=O) groups is 2. The first-order valence-electron chi connectivity index (χ1n) is 6.80. The average Bonchev–Trinajstić information content (AvgIpc) is 3.17. The minimum Gasteiger partial charge on any atom is -0.326 e. The van der Waals surface area contributed by atoms with Crippen LogP contribution in [0, 0.1) is 0 Å². The van der Waals surface area contributed by atoms with E-state index in [1.54, 1.807) is 35.6 Å². The lowest BCUT2D eigenvalue weighted by atomic mass is 10.2. The van der Waals surface area contributed by atoms with Crippen molar-refractivity contribution in [3.8, 4) is 10.6 Å². The summed E-state index contributed by atoms with van der Waals surface area (Å²) in [7, 11) is 0. The maximum Gasteiger partial charge on any atom is 0.257 e. The summed E-state index contributed by atoms with van der Waals surface area (Å²) in [6.07, 6.45) is 0. The highest BCUT2D eigenvalue weighted by atomic mass is 32.1. The molecule has 0 aliphatic carbocycles. The highest BCUT2D eigenvalue weighted by molar-refractivity contribution is 7.16. The van der Waals surface area contributed by atoms with E-state index in [2.05, 4.69) is 15.6 Å². The average molecular weight is 343 g/mol. The number of hydrogen-bond acceptors (Lipinski definition) is 5. The Balaban J connectivity index is 1.73. The Morgan fingerprint density at radius 1 is 1.09 bits per heavy atom. The molecule has 0 aliphatic heterocycles. The molecule has 2 amide bonds. The third kappa shape index (κ3) is 3.82. The monoisotopic (exact) mass is 343 g/mol. The molecule has 0 radical (unpaired) electrons. The van der Waals surface area contributed by atoms with Crippen LogP contribution in [0.4, 0.5) is 10.8 Å². The Labute approximate surface area is 141 Å². The minimum absolute atomic E-state index is 0.178. The lowest BCUT2D eigenvalue weighted by molar-refractivity contribution is -0.114. The molecule has 3 rings (SSSR count). The van der Waals surface area contributed by atoms with Crippen molar-refractivity contribution in [1.29, 1.82) is 0 Å². The summed E-state index contributed by atoms with van der Waals surface area (Å²) in [5.41, 5.74) is 1.90. The number of thiophene rings is 1. The zero-order valence-corrected chi connectivity index (χ0v) is 13.8. The van der Waals surface area contributed by atoms with E-state index in [0.717, 1.165) is 10.6 Å². The van der Waals surface area contributed by atoms with Crippen molar-refractivity contribution >= 4 is 45.3 Å². The van der Waals surface area contributed by atoms with Crippen LogP contribution in [0.2, 0.25) is 0 Å². The molecule has 0 saturated heterocycles. The first-order valence-corrected chi connectivity index (χ1v) is 8.56. The molecule has 0 spiro atoms. The standard InChI is InChI=1S/C16H13N3O2S2/c1-10(20)17-12-5-2-4-11(8-12)15(21)19-16-18-13(9-23-16)14-6-3-7-22-14/h2-9H,1H3,(H,17,20)(H,18,19,21). The number of carbonyl (C=O) groups excluding carboxylic acids is 2. The molecular weight excluding hydrogens is 330 g/mol. The molecule has 0 atom stereocenters. The van der Waals surface area contributed by atoms with Crippen LogP contribution in [0.25, 0.3) is 10.6 Å². The van der Waals surface area contributed by atoms with Gasteiger partial charge in [0.05, 0.1) is 10.6 Å². The Kier molecular flexibility index (Phi) is 4.50. The largest absolute Gasteiger partial charge is 0.326 e. The van der Waals surface area contributed by atoms with Crippen molar-refractivity contribution in [2.24, 2.45) is 0 Å². The number of thiazole rings is 1. The van der Waals surface area contributed by atoms with Crippen LogP contribution < -0.4 is 10.6 Å². The van der Waals surface area contributed by atoms with Crippen molar-refractivity contribution in [2.45, 2.75) is 6.92 Å². The molecule has 0 fully saturated rings. The number of aromatic nitrogens is 1. The summed E-state index contributed by atoms with van der Waals surface area (Å²) in [6.45, 7) is 1.43. The molecule has 0 aliphatic rings. The zero-order chi connectivity index (χ0) is 16.2. The predicted molar refractivity (Wildman–Crippen MR) is 94.1 cm³/mol. The second-order valence-electron chi connectivity index (χ2n) is 4.73. The molecule has 0 bridgehead atoms. The van der Waals surface area contributed by atoms with Gasteiger partial charge in [-0.15, -0.1) is 22.7 Å². The van der Waals surface area contributed by atoms with Gasteiger partial charge in [0.25, 0.3) is 5.91 Å². The quantitative estimate of drug-likeness (QED) is 0.750. The lowest BCUT2D eigenvalue weighted by Crippen LogP contribution is -2.13. The van der Waals surface area contributed by atoms with E-state index in [1.807, 2.05) is 22.9 Å². The maximum absolute atomic E-state index is 12.3. The highest BCUT2D eigenvalue weighted by Crippen LogP contribution is 2.28. The van der Waals surface area contributed by atoms with Crippen molar-refractivity contribution in [3.63, 3.8) is 0 Å². The fourth-order valence-corrected chi connectivity index (χ4v) is 3.45. The number of hydrogen-bond donors (Lipinski definition) is 2. The summed E-state index contributed by atoms with van der Waals surface area (Å²) < 4.78 is 0. The second-order valence-corrected chi connectivity index (χ2v) is 6.54. The van der Waals surface area contributed by atoms with Crippen LogP contribution in [0.3, 0.4) is 0 Å². The van der Waals surface area contributed by atoms with E-state index < -0.39 is 0 Å². The van der Waals surface area contributed by atoms with Crippen LogP contribution in [0.1, 0.15) is 17.3 Å². The Morgan fingerprint density at radius 3 is 2.70 bits per heavy atom. The van der Waals surface area contributed by atoms with Crippen molar-refractivity contribution < 1.29 is 9.59 Å². The number of nitrogens with zero attached hydrogens (tertiary/aromatic N) is 1. The second kappa shape index (κ2) is 6.72. The molecule has 2 heterocycles. The topological polar surface area (TPSA) is 71.1 Å². The lowest BCUT2D eigenvalue weighted by Gasteiger charge is -2.05. The summed E-state index contributed by atoms with van der Waals surface area (Å²) in [4.78, 5) is 28.9. The fraction of sp³-hybridized carbons (Fsp3) is 0.0625. The SMILES string of the molecule is CC(=O)Nc1cccc(C(=O)Nc2nc(-c3cccs3)cs2)c1. The van der Waals surface area contributed by atoms with Gasteiger partial charge >= 0.3 is 0 Å². The van der Waals surface area contributed by atoms with Gasteiger partial charge in [0.1, 0.15) is 0 Å². The maximum atomic E-state index is 12.3. The molecule has 23 heavy (non-hydrogen) atoms. The number of nitrogens with one attached hydrogen (secondary N) is 2. The number of anilines is 2. The van der Waals surface area contributed by atoms with Gasteiger partial charge in [-0.3, -0.25) is 14.9 Å². The molecular formula is C16H13N3O2S2. The van der Waals surface area contributed by atoms with Crippen molar-refractivity contribution in [2.75, 3.05) is 10.6 Å². The van der Waals surface area contributed by atoms with Crippen LogP contribution in [0.15, 0.2) is 47.2 Å². The van der Waals surface area contributed by atoms with E-state index in [9.17, 15) is 9.59 Å². The molecule has 0 unspecified atom stereocenters. The summed E-state index contributed by atoms with van der Waals surface area (Å²) in [5.74, 6) is -0.438. The molecule has 2 N–H and O–H groups in total. The summed E-state index contributed by atoms with van der Waals surface area (Å²) in [6, 6.07) is 10.7. The first kappa shape index (κ1) is 15.4. The van der Waals surface area contributed by atoms with E-state index >= 15 is 0 Å². The third-order valence-corrected chi connectivity index (χ3v) is 4.59. The van der Waals surface area contributed by atoms with E-state index in [1.165, 1.54) is 18.3 Å². The molecule has 7 heteroatoms. The highest BCUT2D eigenvalue weighted by Gasteiger charge is 2.11. The smallest absolute Gasteiger partial charge is 0.257 e. The predicted octanol–water partition coefficient (Wildman–Crippen LogP) is 4.08. The zero-order valence-electron chi connectivity index (χ0n) is 12.2. The minimum atomic E-state index is -0.260. The molecule has 3 aromatic rings. The molecule has 0 saturated carbocycles. The van der Waals surface area contributed by atoms with Crippen LogP contribution in [-0.2, 0) is 4.79 Å². The van der Waals surface area contributed by atoms with E-state index in [4.69, 9.17) is 0 Å². The van der Waals surface area contributed by atoms with E-state index in [-0.39, 0.29) is 11.8 Å². The van der Waals surface area contributed by atoms with Crippen molar-refractivity contribution in [1.82, 2.24) is 4.98 Å². The molecule has 2 aromatic heterocycles. The number of rotatable bonds is 4. The molecule has 5 nitrogen and oxygen atoms in total. The van der Waals surface area contributed by atoms with Gasteiger partial charge < -0.3 is 5.32 Å². The fourth-order valence-electron chi connectivity index (χ4n) is 1.98. The van der Waals surface area contributed by atoms with Gasteiger partial charge in [-0.1, -0.05) is 12.1 Å². The molecule has 1 aromatic carbocycles. The Bertz CT molecular complexity index is 841. The van der Waals surface area contributed by atoms with Gasteiger partial charge in [0, 0.05) is 23.6 Å². The van der Waals surface area contributed by atoms with Crippen LogP contribution >= 0.6 is 22.7 Å². The van der Waals surface area contributed by atoms with Gasteiger partial charge in [0.2, 0.25) is 5.91 Å². The summed E-state index contributed by atoms with van der Waals surface area (Å²) >= 11 is 2.98. The van der Waals surface area contributed by atoms with Crippen LogP contribution in [0.5, 0.6) is 0 Å². The van der Waals surface area contributed by atoms with Gasteiger partial charge in [-0.2, -0.15) is 0 Å². The van der Waals surface area contributed by atoms with Gasteiger partial charge in [0.15, 0.2) is 5.13 Å². The van der Waals surface area contributed by atoms with Crippen molar-refractivity contribution in [3.05, 3.63) is 52.7 Å². The Hall–Kier alpha value is -2.51. The van der Waals surface area contributed by atoms with Crippen LogP contribution in [-0.4, -0.2) is 16.8 Å². The first-order chi connectivity index (χ1) is 11.1.